The standard InChI is InChI=1S/C10H5ClN2O4.C10H6N2O4/c11-10-7-4-2-1-3-6(7)8(12(14)15)5-9(10)13(16)17;13-11(14)9-6-5-7-3-1-2-4-8(7)10(9)12(15)16/h1-5H;1-6H. The first kappa shape index (κ1) is 23.0. The van der Waals surface area contributed by atoms with Gasteiger partial charge in [-0.05, 0) is 23.6 Å². The summed E-state index contributed by atoms with van der Waals surface area (Å²) in [5.41, 5.74) is -1.72. The molecule has 0 aromatic heterocycles. The number of halogens is 1. The highest BCUT2D eigenvalue weighted by molar-refractivity contribution is 6.38. The Balaban J connectivity index is 0.000000186. The van der Waals surface area contributed by atoms with Gasteiger partial charge in [0.15, 0.2) is 0 Å². The smallest absolute Gasteiger partial charge is 0.258 e. The first-order valence-corrected chi connectivity index (χ1v) is 9.31. The highest BCUT2D eigenvalue weighted by Gasteiger charge is 2.26. The summed E-state index contributed by atoms with van der Waals surface area (Å²) in [5, 5.41) is 44.5. The normalized spacial score (nSPS) is 10.3. The molecule has 166 valence electrons. The van der Waals surface area contributed by atoms with Crippen LogP contribution in [0.4, 0.5) is 22.7 Å². The molecule has 0 unspecified atom stereocenters. The van der Waals surface area contributed by atoms with Gasteiger partial charge < -0.3 is 0 Å². The van der Waals surface area contributed by atoms with E-state index in [0.717, 1.165) is 12.1 Å². The van der Waals surface area contributed by atoms with Crippen LogP contribution < -0.4 is 0 Å². The quantitative estimate of drug-likeness (QED) is 0.259. The zero-order valence-corrected chi connectivity index (χ0v) is 17.0. The second-order valence-electron chi connectivity index (χ2n) is 6.46. The number of non-ortho nitro benzene ring substituents is 1. The van der Waals surface area contributed by atoms with Gasteiger partial charge in [-0.2, -0.15) is 0 Å². The van der Waals surface area contributed by atoms with E-state index in [1.807, 2.05) is 0 Å². The zero-order chi connectivity index (χ0) is 24.3. The Kier molecular flexibility index (Phi) is 6.40. The van der Waals surface area contributed by atoms with E-state index in [2.05, 4.69) is 0 Å². The Bertz CT molecular complexity index is 1460. The maximum Gasteiger partial charge on any atom is 0.353 e. The summed E-state index contributed by atoms with van der Waals surface area (Å²) in [6, 6.07) is 16.3. The van der Waals surface area contributed by atoms with Crippen LogP contribution in [0.15, 0.2) is 66.7 Å². The predicted octanol–water partition coefficient (Wildman–Crippen LogP) is 5.97. The molecular weight excluding hydrogens is 460 g/mol. The van der Waals surface area contributed by atoms with Gasteiger partial charge in [-0.15, -0.1) is 0 Å². The zero-order valence-electron chi connectivity index (χ0n) is 16.3. The number of nitro groups is 4. The predicted molar refractivity (Wildman–Crippen MR) is 120 cm³/mol. The van der Waals surface area contributed by atoms with Crippen molar-refractivity contribution in [1.82, 2.24) is 0 Å². The molecule has 0 radical (unpaired) electrons. The molecule has 0 heterocycles. The number of rotatable bonds is 4. The average molecular weight is 471 g/mol. The first-order chi connectivity index (χ1) is 15.6. The molecule has 0 amide bonds. The van der Waals surface area contributed by atoms with E-state index in [0.29, 0.717) is 10.8 Å². The highest BCUT2D eigenvalue weighted by atomic mass is 35.5. The minimum absolute atomic E-state index is 0.0869. The fourth-order valence-corrected chi connectivity index (χ4v) is 3.46. The molecule has 0 spiro atoms. The van der Waals surface area contributed by atoms with Crippen LogP contribution in [0.5, 0.6) is 0 Å². The van der Waals surface area contributed by atoms with Crippen LogP contribution in [0.25, 0.3) is 21.5 Å². The van der Waals surface area contributed by atoms with E-state index in [4.69, 9.17) is 11.6 Å². The van der Waals surface area contributed by atoms with Crippen molar-refractivity contribution in [3.63, 3.8) is 0 Å². The maximum atomic E-state index is 10.8. The summed E-state index contributed by atoms with van der Waals surface area (Å²) in [5.74, 6) is 0. The van der Waals surface area contributed by atoms with Crippen molar-refractivity contribution >= 4 is 55.9 Å². The molecule has 13 heteroatoms. The van der Waals surface area contributed by atoms with Crippen molar-refractivity contribution < 1.29 is 19.7 Å². The molecule has 0 atom stereocenters. The highest BCUT2D eigenvalue weighted by Crippen LogP contribution is 2.38. The third kappa shape index (κ3) is 4.50. The number of nitro benzene ring substituents is 4. The Hall–Kier alpha value is -4.71. The van der Waals surface area contributed by atoms with Crippen LogP contribution >= 0.6 is 11.6 Å². The largest absolute Gasteiger partial charge is 0.353 e. The summed E-state index contributed by atoms with van der Waals surface area (Å²) in [6.07, 6.45) is 0. The lowest BCUT2D eigenvalue weighted by atomic mass is 10.1. The summed E-state index contributed by atoms with van der Waals surface area (Å²) >= 11 is 5.85. The molecule has 4 rings (SSSR count). The number of benzene rings is 4. The summed E-state index contributed by atoms with van der Waals surface area (Å²) in [7, 11) is 0. The molecule has 0 saturated heterocycles. The summed E-state index contributed by atoms with van der Waals surface area (Å²) in [6.45, 7) is 0. The van der Waals surface area contributed by atoms with Gasteiger partial charge in [-0.25, -0.2) is 0 Å². The molecule has 0 saturated carbocycles. The number of fused-ring (bicyclic) bond motifs is 2. The van der Waals surface area contributed by atoms with Crippen molar-refractivity contribution in [3.8, 4) is 0 Å². The lowest BCUT2D eigenvalue weighted by Crippen LogP contribution is -1.97. The first-order valence-electron chi connectivity index (χ1n) is 8.94. The van der Waals surface area contributed by atoms with Gasteiger partial charge in [0.05, 0.1) is 36.5 Å². The van der Waals surface area contributed by atoms with Gasteiger partial charge in [0.2, 0.25) is 0 Å². The molecule has 4 aromatic rings. The van der Waals surface area contributed by atoms with Crippen molar-refractivity contribution in [2.24, 2.45) is 0 Å². The maximum absolute atomic E-state index is 10.8. The second-order valence-corrected chi connectivity index (χ2v) is 6.84. The lowest BCUT2D eigenvalue weighted by Gasteiger charge is -2.02. The van der Waals surface area contributed by atoms with Crippen molar-refractivity contribution in [1.29, 1.82) is 0 Å². The minimum atomic E-state index is -0.745. The van der Waals surface area contributed by atoms with Gasteiger partial charge in [0.1, 0.15) is 5.02 Å². The molecule has 33 heavy (non-hydrogen) atoms. The molecule has 0 aliphatic heterocycles. The van der Waals surface area contributed by atoms with Gasteiger partial charge in [-0.1, -0.05) is 48.0 Å². The van der Waals surface area contributed by atoms with E-state index in [1.165, 1.54) is 24.3 Å². The molecule has 0 aliphatic rings. The molecule has 4 aromatic carbocycles. The molecule has 0 fully saturated rings. The van der Waals surface area contributed by atoms with Crippen LogP contribution in [0, 0.1) is 40.5 Å². The molecule has 0 bridgehead atoms. The van der Waals surface area contributed by atoms with Crippen LogP contribution in [-0.4, -0.2) is 19.7 Å². The minimum Gasteiger partial charge on any atom is -0.258 e. The van der Waals surface area contributed by atoms with E-state index < -0.39 is 36.8 Å². The SMILES string of the molecule is O=[N+]([O-])c1cc([N+](=O)[O-])c2ccccc2c1Cl.O=[N+]([O-])c1ccc2ccccc2c1[N+](=O)[O-]. The Morgan fingerprint density at radius 1 is 0.545 bits per heavy atom. The molecule has 0 aliphatic carbocycles. The molecule has 12 nitrogen and oxygen atoms in total. The van der Waals surface area contributed by atoms with Crippen LogP contribution in [-0.2, 0) is 0 Å². The van der Waals surface area contributed by atoms with Gasteiger partial charge in [-0.3, -0.25) is 40.5 Å². The van der Waals surface area contributed by atoms with Gasteiger partial charge in [0.25, 0.3) is 11.4 Å². The lowest BCUT2D eigenvalue weighted by molar-refractivity contribution is -0.421. The van der Waals surface area contributed by atoms with Gasteiger partial charge >= 0.3 is 11.4 Å². The monoisotopic (exact) mass is 470 g/mol. The van der Waals surface area contributed by atoms with E-state index in [9.17, 15) is 40.5 Å². The third-order valence-corrected chi connectivity index (χ3v) is 4.99. The van der Waals surface area contributed by atoms with E-state index in [-0.39, 0.29) is 21.5 Å². The molecule has 0 N–H and O–H groups in total. The Morgan fingerprint density at radius 3 is 1.61 bits per heavy atom. The topological polar surface area (TPSA) is 173 Å². The Labute approximate surface area is 188 Å². The van der Waals surface area contributed by atoms with Crippen molar-refractivity contribution in [3.05, 3.63) is 112 Å². The average Bonchev–Trinajstić information content (AvgIpc) is 2.78. The Morgan fingerprint density at radius 2 is 1.06 bits per heavy atom. The van der Waals surface area contributed by atoms with Crippen LogP contribution in [0.1, 0.15) is 0 Å². The van der Waals surface area contributed by atoms with E-state index >= 15 is 0 Å². The molecular formula is C20H11ClN4O8. The fraction of sp³-hybridized carbons (Fsp3) is 0. The van der Waals surface area contributed by atoms with Gasteiger partial charge in [0, 0.05) is 11.5 Å². The van der Waals surface area contributed by atoms with Crippen molar-refractivity contribution in [2.75, 3.05) is 0 Å². The second kappa shape index (κ2) is 9.20. The number of hydrogen-bond acceptors (Lipinski definition) is 8. The van der Waals surface area contributed by atoms with Crippen molar-refractivity contribution in [2.45, 2.75) is 0 Å². The van der Waals surface area contributed by atoms with Crippen LogP contribution in [0.2, 0.25) is 5.02 Å². The summed E-state index contributed by atoms with van der Waals surface area (Å²) < 4.78 is 0. The third-order valence-electron chi connectivity index (χ3n) is 4.59. The number of hydrogen-bond donors (Lipinski definition) is 0. The fourth-order valence-electron chi connectivity index (χ4n) is 3.17. The van der Waals surface area contributed by atoms with E-state index in [1.54, 1.807) is 30.3 Å². The number of nitrogens with zero attached hydrogens (tertiary/aromatic N) is 4. The van der Waals surface area contributed by atoms with Crippen LogP contribution in [0.3, 0.4) is 0 Å². The summed E-state index contributed by atoms with van der Waals surface area (Å²) in [4.78, 5) is 40.2.